The zero-order valence-corrected chi connectivity index (χ0v) is 8.48. The molecule has 0 fully saturated rings. The van der Waals surface area contributed by atoms with Gasteiger partial charge >= 0.3 is 18.0 Å². The van der Waals surface area contributed by atoms with E-state index >= 15 is 0 Å². The second-order valence-electron chi connectivity index (χ2n) is 3.22. The molecular weight excluding hydrogens is 247 g/mol. The standard InChI is InChI=1S/C9H7F5N2O/c1-5-4-15-3-2-6(5)16-7(17)8(10,11)9(12,13)14/h2-4H,1H3,(H,15,16,17). The van der Waals surface area contributed by atoms with Crippen molar-refractivity contribution in [3.8, 4) is 0 Å². The quantitative estimate of drug-likeness (QED) is 0.824. The lowest BCUT2D eigenvalue weighted by Gasteiger charge is -2.19. The number of carbonyl (C=O) groups is 1. The Morgan fingerprint density at radius 2 is 1.88 bits per heavy atom. The van der Waals surface area contributed by atoms with E-state index in [9.17, 15) is 26.7 Å². The lowest BCUT2D eigenvalue weighted by Crippen LogP contribution is -2.47. The summed E-state index contributed by atoms with van der Waals surface area (Å²) in [6.45, 7) is 1.41. The Morgan fingerprint density at radius 3 is 2.35 bits per heavy atom. The number of rotatable bonds is 2. The Bertz CT molecular complexity index is 430. The van der Waals surface area contributed by atoms with E-state index in [-0.39, 0.29) is 11.3 Å². The van der Waals surface area contributed by atoms with Crippen LogP contribution in [0.25, 0.3) is 0 Å². The minimum atomic E-state index is -5.92. The summed E-state index contributed by atoms with van der Waals surface area (Å²) in [7, 11) is 0. The fraction of sp³-hybridized carbons (Fsp3) is 0.333. The molecule has 0 radical (unpaired) electrons. The van der Waals surface area contributed by atoms with Crippen LogP contribution < -0.4 is 5.32 Å². The molecule has 0 spiro atoms. The van der Waals surface area contributed by atoms with Gasteiger partial charge in [0.25, 0.3) is 0 Å². The molecule has 0 aliphatic rings. The molecule has 1 aromatic heterocycles. The van der Waals surface area contributed by atoms with Gasteiger partial charge in [-0.05, 0) is 18.6 Å². The van der Waals surface area contributed by atoms with Crippen LogP contribution in [0.5, 0.6) is 0 Å². The van der Waals surface area contributed by atoms with Crippen LogP contribution in [0, 0.1) is 6.92 Å². The van der Waals surface area contributed by atoms with Gasteiger partial charge < -0.3 is 5.32 Å². The van der Waals surface area contributed by atoms with Gasteiger partial charge in [0.05, 0.1) is 0 Å². The molecule has 1 heterocycles. The number of anilines is 1. The molecule has 0 unspecified atom stereocenters. The second-order valence-corrected chi connectivity index (χ2v) is 3.22. The van der Waals surface area contributed by atoms with Gasteiger partial charge in [0.2, 0.25) is 0 Å². The highest BCUT2D eigenvalue weighted by Crippen LogP contribution is 2.36. The molecule has 0 bridgehead atoms. The van der Waals surface area contributed by atoms with Gasteiger partial charge in [-0.1, -0.05) is 0 Å². The van der Waals surface area contributed by atoms with E-state index in [1.807, 2.05) is 0 Å². The van der Waals surface area contributed by atoms with Crippen LogP contribution in [0.15, 0.2) is 18.5 Å². The van der Waals surface area contributed by atoms with Crippen LogP contribution in [0.1, 0.15) is 5.56 Å². The van der Waals surface area contributed by atoms with Crippen LogP contribution in [0.2, 0.25) is 0 Å². The number of halogens is 5. The van der Waals surface area contributed by atoms with Crippen molar-refractivity contribution in [2.75, 3.05) is 5.32 Å². The van der Waals surface area contributed by atoms with Gasteiger partial charge in [-0.2, -0.15) is 22.0 Å². The number of aromatic nitrogens is 1. The maximum Gasteiger partial charge on any atom is 0.463 e. The van der Waals surface area contributed by atoms with Gasteiger partial charge in [-0.25, -0.2) is 0 Å². The summed E-state index contributed by atoms with van der Waals surface area (Å²) in [4.78, 5) is 14.4. The zero-order valence-electron chi connectivity index (χ0n) is 8.48. The van der Waals surface area contributed by atoms with E-state index in [1.165, 1.54) is 18.4 Å². The van der Waals surface area contributed by atoms with Crippen molar-refractivity contribution in [3.05, 3.63) is 24.0 Å². The topological polar surface area (TPSA) is 42.0 Å². The maximum atomic E-state index is 12.6. The molecule has 94 valence electrons. The molecule has 1 amide bonds. The maximum absolute atomic E-state index is 12.6. The molecule has 0 saturated heterocycles. The number of carbonyl (C=O) groups excluding carboxylic acids is 1. The number of aryl methyl sites for hydroxylation is 1. The monoisotopic (exact) mass is 254 g/mol. The smallest absolute Gasteiger partial charge is 0.320 e. The minimum absolute atomic E-state index is 0.145. The van der Waals surface area contributed by atoms with Crippen molar-refractivity contribution < 1.29 is 26.7 Å². The van der Waals surface area contributed by atoms with E-state index < -0.39 is 18.0 Å². The highest BCUT2D eigenvalue weighted by molar-refractivity contribution is 5.97. The Balaban J connectivity index is 2.91. The summed E-state index contributed by atoms with van der Waals surface area (Å²) < 4.78 is 60.8. The molecule has 17 heavy (non-hydrogen) atoms. The largest absolute Gasteiger partial charge is 0.463 e. The first kappa shape index (κ1) is 13.3. The summed E-state index contributed by atoms with van der Waals surface area (Å²) in [5.41, 5.74) is 0.132. The zero-order chi connectivity index (χ0) is 13.3. The summed E-state index contributed by atoms with van der Waals surface area (Å²) in [6.07, 6.45) is -3.53. The fourth-order valence-electron chi connectivity index (χ4n) is 0.943. The van der Waals surface area contributed by atoms with Gasteiger partial charge in [0, 0.05) is 18.1 Å². The van der Waals surface area contributed by atoms with Crippen molar-refractivity contribution in [3.63, 3.8) is 0 Å². The normalized spacial score (nSPS) is 12.4. The molecule has 0 saturated carbocycles. The van der Waals surface area contributed by atoms with Crippen molar-refractivity contribution in [1.82, 2.24) is 4.98 Å². The predicted octanol–water partition coefficient (Wildman–Crippen LogP) is 2.53. The summed E-state index contributed by atoms with van der Waals surface area (Å²) >= 11 is 0. The van der Waals surface area contributed by atoms with Crippen LogP contribution in [0.3, 0.4) is 0 Å². The first-order valence-corrected chi connectivity index (χ1v) is 4.33. The number of hydrogen-bond acceptors (Lipinski definition) is 2. The number of amides is 1. The van der Waals surface area contributed by atoms with Gasteiger partial charge in [0.1, 0.15) is 0 Å². The summed E-state index contributed by atoms with van der Waals surface area (Å²) in [5, 5.41) is 1.51. The summed E-state index contributed by atoms with van der Waals surface area (Å²) in [5.74, 6) is -7.85. The van der Waals surface area contributed by atoms with E-state index in [0.29, 0.717) is 0 Å². The molecule has 0 aliphatic carbocycles. The average molecular weight is 254 g/mol. The SMILES string of the molecule is Cc1cnccc1NC(=O)C(F)(F)C(F)(F)F. The first-order chi connectivity index (χ1) is 7.66. The van der Waals surface area contributed by atoms with E-state index in [1.54, 1.807) is 0 Å². The molecule has 3 nitrogen and oxygen atoms in total. The van der Waals surface area contributed by atoms with E-state index in [0.717, 1.165) is 12.3 Å². The second kappa shape index (κ2) is 4.27. The third-order valence-corrected chi connectivity index (χ3v) is 1.91. The fourth-order valence-corrected chi connectivity index (χ4v) is 0.943. The molecule has 0 atom stereocenters. The third kappa shape index (κ3) is 2.69. The van der Waals surface area contributed by atoms with Gasteiger partial charge in [-0.15, -0.1) is 0 Å². The van der Waals surface area contributed by atoms with Crippen molar-refractivity contribution in [1.29, 1.82) is 0 Å². The Hall–Kier alpha value is -1.73. The van der Waals surface area contributed by atoms with Crippen LogP contribution in [-0.4, -0.2) is 23.0 Å². The number of nitrogens with zero attached hydrogens (tertiary/aromatic N) is 1. The van der Waals surface area contributed by atoms with Crippen molar-refractivity contribution >= 4 is 11.6 Å². The Kier molecular flexibility index (Phi) is 3.35. The van der Waals surface area contributed by atoms with Crippen LogP contribution in [0.4, 0.5) is 27.6 Å². The Morgan fingerprint density at radius 1 is 1.29 bits per heavy atom. The first-order valence-electron chi connectivity index (χ1n) is 4.33. The molecule has 8 heteroatoms. The van der Waals surface area contributed by atoms with Gasteiger partial charge in [0.15, 0.2) is 0 Å². The van der Waals surface area contributed by atoms with Crippen molar-refractivity contribution in [2.45, 2.75) is 19.0 Å². The lowest BCUT2D eigenvalue weighted by atomic mass is 10.2. The van der Waals surface area contributed by atoms with E-state index in [2.05, 4.69) is 4.98 Å². The molecule has 1 N–H and O–H groups in total. The summed E-state index contributed by atoms with van der Waals surface area (Å²) in [6, 6.07) is 1.12. The predicted molar refractivity (Wildman–Crippen MR) is 48.6 cm³/mol. The van der Waals surface area contributed by atoms with Crippen LogP contribution >= 0.6 is 0 Å². The highest BCUT2D eigenvalue weighted by Gasteiger charge is 2.63. The molecule has 1 rings (SSSR count). The van der Waals surface area contributed by atoms with Gasteiger partial charge in [-0.3, -0.25) is 9.78 Å². The van der Waals surface area contributed by atoms with Crippen molar-refractivity contribution in [2.24, 2.45) is 0 Å². The van der Waals surface area contributed by atoms with Crippen LogP contribution in [-0.2, 0) is 4.79 Å². The number of hydrogen-bond donors (Lipinski definition) is 1. The number of nitrogens with one attached hydrogen (secondary N) is 1. The number of pyridine rings is 1. The third-order valence-electron chi connectivity index (χ3n) is 1.91. The number of alkyl halides is 5. The van der Waals surface area contributed by atoms with E-state index in [4.69, 9.17) is 0 Å². The molecule has 1 aromatic rings. The minimum Gasteiger partial charge on any atom is -0.320 e. The molecule has 0 aliphatic heterocycles. The Labute approximate surface area is 92.6 Å². The highest BCUT2D eigenvalue weighted by atomic mass is 19.4. The molecule has 0 aromatic carbocycles. The lowest BCUT2D eigenvalue weighted by molar-refractivity contribution is -0.267. The average Bonchev–Trinajstić information content (AvgIpc) is 2.19. The molecular formula is C9H7F5N2O.